The van der Waals surface area contributed by atoms with Crippen LogP contribution in [0.5, 0.6) is 0 Å². The number of carboxylic acids is 2. The average molecular weight is 552 g/mol. The normalized spacial score (nSPS) is 14.2. The quantitative estimate of drug-likeness (QED) is 0.381. The lowest BCUT2D eigenvalue weighted by molar-refractivity contribution is -0.192. The Hall–Kier alpha value is -3.93. The fraction of sp³-hybridized carbons (Fsp3) is 0.407. The summed E-state index contributed by atoms with van der Waals surface area (Å²) < 4.78 is 31.7. The van der Waals surface area contributed by atoms with E-state index < -0.39 is 24.2 Å². The topological polar surface area (TPSA) is 141 Å². The highest BCUT2D eigenvalue weighted by atomic mass is 19.4. The number of carbonyl (C=O) groups is 4. The lowest BCUT2D eigenvalue weighted by Gasteiger charge is -2.26. The molecule has 0 aliphatic carbocycles. The number of aryl methyl sites for hydroxylation is 1. The van der Waals surface area contributed by atoms with Crippen molar-refractivity contribution in [2.75, 3.05) is 18.0 Å². The predicted octanol–water partition coefficient (Wildman–Crippen LogP) is 3.84. The van der Waals surface area contributed by atoms with Crippen LogP contribution in [0.2, 0.25) is 0 Å². The highest BCUT2D eigenvalue weighted by molar-refractivity contribution is 6.09. The number of halogens is 3. The molecular weight excluding hydrogens is 519 g/mol. The molecule has 1 aliphatic rings. The summed E-state index contributed by atoms with van der Waals surface area (Å²) in [5.41, 5.74) is 8.57. The molecule has 0 aromatic heterocycles. The monoisotopic (exact) mass is 551 g/mol. The molecule has 2 amide bonds. The number of hydrogen-bond donors (Lipinski definition) is 3. The molecule has 0 bridgehead atoms. The Morgan fingerprint density at radius 1 is 1.00 bits per heavy atom. The molecule has 1 aliphatic heterocycles. The van der Waals surface area contributed by atoms with E-state index >= 15 is 0 Å². The number of carboxylic acid groups (broad SMARTS) is 2. The first-order valence-electron chi connectivity index (χ1n) is 12.3. The van der Waals surface area contributed by atoms with Crippen molar-refractivity contribution in [2.45, 2.75) is 57.8 Å². The first-order chi connectivity index (χ1) is 18.3. The molecule has 9 nitrogen and oxygen atoms in total. The maximum atomic E-state index is 13.5. The number of rotatable bonds is 10. The first kappa shape index (κ1) is 31.3. The summed E-state index contributed by atoms with van der Waals surface area (Å²) in [6, 6.07) is 14.7. The van der Waals surface area contributed by atoms with Crippen LogP contribution in [0.15, 0.2) is 48.5 Å². The minimum atomic E-state index is -5.08. The molecule has 39 heavy (non-hydrogen) atoms. The Morgan fingerprint density at radius 2 is 1.64 bits per heavy atom. The van der Waals surface area contributed by atoms with E-state index in [-0.39, 0.29) is 24.8 Å². The van der Waals surface area contributed by atoms with Gasteiger partial charge >= 0.3 is 18.1 Å². The molecule has 3 rings (SSSR count). The van der Waals surface area contributed by atoms with Crippen LogP contribution in [0.25, 0.3) is 0 Å². The number of benzene rings is 2. The van der Waals surface area contributed by atoms with Crippen LogP contribution < -0.4 is 10.6 Å². The van der Waals surface area contributed by atoms with Crippen LogP contribution in [-0.4, -0.2) is 64.2 Å². The van der Waals surface area contributed by atoms with Crippen LogP contribution in [-0.2, 0) is 27.3 Å². The molecule has 2 aromatic carbocycles. The number of hydrogen-bond acceptors (Lipinski definition) is 5. The van der Waals surface area contributed by atoms with Gasteiger partial charge in [-0.2, -0.15) is 13.2 Å². The third-order valence-corrected chi connectivity index (χ3v) is 6.05. The van der Waals surface area contributed by atoms with Crippen molar-refractivity contribution in [3.8, 4) is 0 Å². The molecule has 1 unspecified atom stereocenters. The third-order valence-electron chi connectivity index (χ3n) is 6.05. The van der Waals surface area contributed by atoms with Crippen molar-refractivity contribution < 1.29 is 42.6 Å². The minimum absolute atomic E-state index is 0.152. The van der Waals surface area contributed by atoms with E-state index in [9.17, 15) is 32.7 Å². The van der Waals surface area contributed by atoms with Crippen molar-refractivity contribution in [3.05, 3.63) is 65.2 Å². The van der Waals surface area contributed by atoms with Gasteiger partial charge in [-0.25, -0.2) is 4.79 Å². The van der Waals surface area contributed by atoms with Gasteiger partial charge < -0.3 is 25.7 Å². The number of fused-ring (bicyclic) bond motifs is 1. The smallest absolute Gasteiger partial charge is 0.481 e. The molecule has 0 spiro atoms. The number of carbonyl (C=O) groups excluding carboxylic acids is 2. The van der Waals surface area contributed by atoms with Crippen molar-refractivity contribution in [3.63, 3.8) is 0 Å². The Labute approximate surface area is 224 Å². The summed E-state index contributed by atoms with van der Waals surface area (Å²) in [4.78, 5) is 49.9. The van der Waals surface area contributed by atoms with Crippen LogP contribution in [0.4, 0.5) is 18.9 Å². The number of unbranched alkanes of at least 4 members (excludes halogenated alkanes) is 2. The van der Waals surface area contributed by atoms with Crippen LogP contribution >= 0.6 is 0 Å². The molecule has 1 atom stereocenters. The lowest BCUT2D eigenvalue weighted by atomic mass is 10.0. The van der Waals surface area contributed by atoms with Crippen LogP contribution in [0, 0.1) is 0 Å². The maximum absolute atomic E-state index is 13.5. The van der Waals surface area contributed by atoms with Gasteiger partial charge in [-0.05, 0) is 56.0 Å². The van der Waals surface area contributed by atoms with Gasteiger partial charge in [-0.1, -0.05) is 42.8 Å². The molecule has 0 saturated carbocycles. The SMILES string of the molecule is CC(CC(=O)O)N1CC(=O)N(Cc2ccccc2)c2ccc(CCCCCN)cc2C1=O.O=C(O)C(F)(F)F. The zero-order valence-corrected chi connectivity index (χ0v) is 21.5. The fourth-order valence-electron chi connectivity index (χ4n) is 4.05. The second kappa shape index (κ2) is 14.3. The maximum Gasteiger partial charge on any atom is 0.490 e. The molecule has 2 aromatic rings. The molecule has 4 N–H and O–H groups in total. The van der Waals surface area contributed by atoms with E-state index in [1.54, 1.807) is 11.8 Å². The zero-order chi connectivity index (χ0) is 29.2. The fourth-order valence-corrected chi connectivity index (χ4v) is 4.05. The van der Waals surface area contributed by atoms with Crippen LogP contribution in [0.3, 0.4) is 0 Å². The zero-order valence-electron chi connectivity index (χ0n) is 21.5. The molecule has 0 saturated heterocycles. The highest BCUT2D eigenvalue weighted by Crippen LogP contribution is 2.30. The van der Waals surface area contributed by atoms with E-state index in [4.69, 9.17) is 15.6 Å². The van der Waals surface area contributed by atoms with E-state index in [0.29, 0.717) is 24.3 Å². The Kier molecular flexibility index (Phi) is 11.5. The number of amides is 2. The number of nitrogens with zero attached hydrogens (tertiary/aromatic N) is 2. The van der Waals surface area contributed by atoms with Gasteiger partial charge in [0.25, 0.3) is 5.91 Å². The van der Waals surface area contributed by atoms with Gasteiger partial charge in [-0.15, -0.1) is 0 Å². The van der Waals surface area contributed by atoms with E-state index in [2.05, 4.69) is 0 Å². The van der Waals surface area contributed by atoms with Gasteiger partial charge in [-0.3, -0.25) is 14.4 Å². The lowest BCUT2D eigenvalue weighted by Crippen LogP contribution is -2.44. The van der Waals surface area contributed by atoms with Crippen LogP contribution in [0.1, 0.15) is 54.1 Å². The first-order valence-corrected chi connectivity index (χ1v) is 12.3. The molecule has 0 radical (unpaired) electrons. The molecule has 0 fully saturated rings. The summed E-state index contributed by atoms with van der Waals surface area (Å²) in [5, 5.41) is 16.3. The second-order valence-corrected chi connectivity index (χ2v) is 9.10. The van der Waals surface area contributed by atoms with Crippen molar-refractivity contribution in [2.24, 2.45) is 5.73 Å². The number of nitrogens with two attached hydrogens (primary N) is 1. The van der Waals surface area contributed by atoms with Gasteiger partial charge in [0.05, 0.1) is 24.2 Å². The van der Waals surface area contributed by atoms with E-state index in [0.717, 1.165) is 36.8 Å². The second-order valence-electron chi connectivity index (χ2n) is 9.10. The van der Waals surface area contributed by atoms with E-state index in [1.165, 1.54) is 4.90 Å². The molecule has 12 heteroatoms. The average Bonchev–Trinajstić information content (AvgIpc) is 2.97. The third kappa shape index (κ3) is 9.40. The standard InChI is InChI=1S/C25H31N3O4.C2HF3O2/c1-18(14-24(30)31)27-17-23(29)28(16-20-9-4-2-5-10-20)22-12-11-19(8-6-3-7-13-26)15-21(22)25(27)32;3-2(4,5)1(6)7/h2,4-5,9-12,15,18H,3,6-8,13-14,16-17,26H2,1H3,(H,30,31);(H,6,7). The number of alkyl halides is 3. The number of anilines is 1. The highest BCUT2D eigenvalue weighted by Gasteiger charge is 2.38. The van der Waals surface area contributed by atoms with Crippen molar-refractivity contribution >= 4 is 29.4 Å². The van der Waals surface area contributed by atoms with E-state index in [1.807, 2.05) is 48.5 Å². The summed E-state index contributed by atoms with van der Waals surface area (Å²) in [6.07, 6.45) is -1.54. The van der Waals surface area contributed by atoms with Gasteiger partial charge in [0.1, 0.15) is 6.54 Å². The Balaban J connectivity index is 0.000000673. The molecule has 1 heterocycles. The summed E-state index contributed by atoms with van der Waals surface area (Å²) in [6.45, 7) is 2.52. The summed E-state index contributed by atoms with van der Waals surface area (Å²) in [5.74, 6) is -4.29. The minimum Gasteiger partial charge on any atom is -0.481 e. The Bertz CT molecular complexity index is 1160. The van der Waals surface area contributed by atoms with Crippen molar-refractivity contribution in [1.29, 1.82) is 0 Å². The summed E-state index contributed by atoms with van der Waals surface area (Å²) in [7, 11) is 0. The Morgan fingerprint density at radius 3 is 2.21 bits per heavy atom. The molecule has 212 valence electrons. The molecular formula is C27H32F3N3O6. The predicted molar refractivity (Wildman–Crippen MR) is 137 cm³/mol. The van der Waals surface area contributed by atoms with Gasteiger partial charge in [0, 0.05) is 6.04 Å². The largest absolute Gasteiger partial charge is 0.490 e. The summed E-state index contributed by atoms with van der Waals surface area (Å²) >= 11 is 0. The van der Waals surface area contributed by atoms with Gasteiger partial charge in [0.15, 0.2) is 0 Å². The number of aliphatic carboxylic acids is 2. The van der Waals surface area contributed by atoms with Crippen molar-refractivity contribution in [1.82, 2.24) is 4.90 Å². The van der Waals surface area contributed by atoms with Gasteiger partial charge in [0.2, 0.25) is 5.91 Å².